The number of furan rings is 1. The van der Waals surface area contributed by atoms with Gasteiger partial charge in [-0.3, -0.25) is 0 Å². The van der Waals surface area contributed by atoms with Crippen molar-refractivity contribution in [2.24, 2.45) is 5.14 Å². The van der Waals surface area contributed by atoms with E-state index in [1.54, 1.807) is 17.2 Å². The van der Waals surface area contributed by atoms with Gasteiger partial charge in [0.15, 0.2) is 0 Å². The molecule has 1 saturated heterocycles. The second-order valence-electron chi connectivity index (χ2n) is 4.84. The monoisotopic (exact) mass is 301 g/mol. The number of amides is 2. The molecule has 8 heteroatoms. The predicted molar refractivity (Wildman–Crippen MR) is 73.5 cm³/mol. The first-order chi connectivity index (χ1) is 9.47. The lowest BCUT2D eigenvalue weighted by molar-refractivity contribution is 0.187. The highest BCUT2D eigenvalue weighted by atomic mass is 32.2. The molecule has 1 aromatic rings. The van der Waals surface area contributed by atoms with E-state index in [0.29, 0.717) is 38.9 Å². The fraction of sp³-hybridized carbons (Fsp3) is 0.583. The van der Waals surface area contributed by atoms with Crippen LogP contribution in [0.3, 0.4) is 0 Å². The number of urea groups is 1. The average Bonchev–Trinajstić information content (AvgIpc) is 2.91. The van der Waals surface area contributed by atoms with Crippen molar-refractivity contribution in [3.63, 3.8) is 0 Å². The van der Waals surface area contributed by atoms with Gasteiger partial charge in [0.1, 0.15) is 5.76 Å². The van der Waals surface area contributed by atoms with Crippen molar-refractivity contribution in [1.29, 1.82) is 0 Å². The molecule has 0 aliphatic carbocycles. The first-order valence-corrected chi connectivity index (χ1v) is 8.14. The third kappa shape index (κ3) is 3.97. The molecule has 20 heavy (non-hydrogen) atoms. The summed E-state index contributed by atoms with van der Waals surface area (Å²) in [6.45, 7) is 1.31. The molecule has 0 saturated carbocycles. The van der Waals surface area contributed by atoms with Gasteiger partial charge in [-0.1, -0.05) is 0 Å². The summed E-state index contributed by atoms with van der Waals surface area (Å²) in [4.78, 5) is 13.5. The van der Waals surface area contributed by atoms with Gasteiger partial charge < -0.3 is 14.6 Å². The number of carbonyl (C=O) groups is 1. The van der Waals surface area contributed by atoms with Crippen LogP contribution in [0.25, 0.3) is 0 Å². The average molecular weight is 301 g/mol. The number of hydrogen-bond donors (Lipinski definition) is 2. The highest BCUT2D eigenvalue weighted by Gasteiger charge is 2.29. The van der Waals surface area contributed by atoms with Crippen molar-refractivity contribution in [3.05, 3.63) is 24.2 Å². The van der Waals surface area contributed by atoms with Crippen LogP contribution in [0.15, 0.2) is 22.8 Å². The molecule has 0 aromatic carbocycles. The number of rotatable bonds is 4. The van der Waals surface area contributed by atoms with Gasteiger partial charge in [-0.05, 0) is 25.0 Å². The molecule has 0 spiro atoms. The van der Waals surface area contributed by atoms with E-state index in [-0.39, 0.29) is 6.03 Å². The Morgan fingerprint density at radius 3 is 2.70 bits per heavy atom. The molecule has 3 N–H and O–H groups in total. The van der Waals surface area contributed by atoms with Gasteiger partial charge in [-0.15, -0.1) is 0 Å². The molecule has 2 amide bonds. The molecular formula is C12H19N3O4S. The summed E-state index contributed by atoms with van der Waals surface area (Å²) < 4.78 is 27.6. The van der Waals surface area contributed by atoms with Crippen molar-refractivity contribution >= 4 is 16.1 Å². The maximum atomic E-state index is 11.9. The Morgan fingerprint density at radius 1 is 1.45 bits per heavy atom. The van der Waals surface area contributed by atoms with Crippen LogP contribution in [0.1, 0.15) is 18.6 Å². The lowest BCUT2D eigenvalue weighted by Gasteiger charge is -2.30. The number of nitrogens with two attached hydrogens (primary N) is 1. The second kappa shape index (κ2) is 6.27. The maximum absolute atomic E-state index is 11.9. The Balaban J connectivity index is 1.72. The smallest absolute Gasteiger partial charge is 0.317 e. The number of nitrogens with zero attached hydrogens (tertiary/aromatic N) is 1. The predicted octanol–water partition coefficient (Wildman–Crippen LogP) is 0.285. The quantitative estimate of drug-likeness (QED) is 0.833. The molecule has 0 unspecified atom stereocenters. The summed E-state index contributed by atoms with van der Waals surface area (Å²) in [7, 11) is -3.49. The zero-order valence-corrected chi connectivity index (χ0v) is 11.9. The number of carbonyl (C=O) groups excluding carboxylic acids is 1. The van der Waals surface area contributed by atoms with Crippen molar-refractivity contribution in [3.8, 4) is 0 Å². The van der Waals surface area contributed by atoms with Gasteiger partial charge in [0.05, 0.1) is 11.5 Å². The van der Waals surface area contributed by atoms with E-state index in [2.05, 4.69) is 5.32 Å². The van der Waals surface area contributed by atoms with E-state index in [9.17, 15) is 13.2 Å². The van der Waals surface area contributed by atoms with Gasteiger partial charge in [0, 0.05) is 26.1 Å². The molecule has 0 atom stereocenters. The minimum atomic E-state index is -3.49. The van der Waals surface area contributed by atoms with Gasteiger partial charge in [0.25, 0.3) is 0 Å². The first-order valence-electron chi connectivity index (χ1n) is 6.53. The molecule has 2 heterocycles. The summed E-state index contributed by atoms with van der Waals surface area (Å²) in [5.74, 6) is 0.818. The van der Waals surface area contributed by atoms with Crippen molar-refractivity contribution < 1.29 is 17.6 Å². The number of nitrogens with one attached hydrogen (secondary N) is 1. The van der Waals surface area contributed by atoms with Crippen LogP contribution in [0.2, 0.25) is 0 Å². The standard InChI is InChI=1S/C12H19N3O4S/c13-20(17,18)11-4-7-15(8-5-11)12(16)14-6-3-10-2-1-9-19-10/h1-2,9,11H,3-8H2,(H,14,16)(H2,13,17,18). The SMILES string of the molecule is NS(=O)(=O)C1CCN(C(=O)NCCc2ccco2)CC1. The summed E-state index contributed by atoms with van der Waals surface area (Å²) in [5, 5.41) is 7.37. The van der Waals surface area contributed by atoms with Crippen LogP contribution in [0, 0.1) is 0 Å². The summed E-state index contributed by atoms with van der Waals surface area (Å²) in [6.07, 6.45) is 3.01. The Morgan fingerprint density at radius 2 is 2.15 bits per heavy atom. The normalized spacial score (nSPS) is 17.1. The highest BCUT2D eigenvalue weighted by Crippen LogP contribution is 2.15. The van der Waals surface area contributed by atoms with E-state index in [4.69, 9.17) is 9.56 Å². The van der Waals surface area contributed by atoms with Crippen molar-refractivity contribution in [2.45, 2.75) is 24.5 Å². The molecule has 0 bridgehead atoms. The van der Waals surface area contributed by atoms with E-state index in [0.717, 1.165) is 5.76 Å². The maximum Gasteiger partial charge on any atom is 0.317 e. The largest absolute Gasteiger partial charge is 0.469 e. The van der Waals surface area contributed by atoms with E-state index in [1.165, 1.54) is 0 Å². The van der Waals surface area contributed by atoms with E-state index < -0.39 is 15.3 Å². The molecule has 1 aliphatic rings. The molecule has 112 valence electrons. The molecule has 7 nitrogen and oxygen atoms in total. The number of likely N-dealkylation sites (tertiary alicyclic amines) is 1. The Labute approximate surface area is 118 Å². The van der Waals surface area contributed by atoms with Crippen LogP contribution >= 0.6 is 0 Å². The minimum Gasteiger partial charge on any atom is -0.469 e. The van der Waals surface area contributed by atoms with Crippen LogP contribution < -0.4 is 10.5 Å². The molecular weight excluding hydrogens is 282 g/mol. The molecule has 1 fully saturated rings. The Kier molecular flexibility index (Phi) is 4.66. The third-order valence-electron chi connectivity index (χ3n) is 3.42. The highest BCUT2D eigenvalue weighted by molar-refractivity contribution is 7.89. The molecule has 2 rings (SSSR count). The zero-order valence-electron chi connectivity index (χ0n) is 11.1. The van der Waals surface area contributed by atoms with Crippen molar-refractivity contribution in [1.82, 2.24) is 10.2 Å². The Bertz CT molecular complexity index is 533. The number of primary sulfonamides is 1. The summed E-state index contributed by atoms with van der Waals surface area (Å²) in [6, 6.07) is 3.48. The molecule has 1 aromatic heterocycles. The van der Waals surface area contributed by atoms with Gasteiger partial charge in [-0.25, -0.2) is 18.4 Å². The van der Waals surface area contributed by atoms with Crippen molar-refractivity contribution in [2.75, 3.05) is 19.6 Å². The van der Waals surface area contributed by atoms with Crippen LogP contribution in [-0.2, 0) is 16.4 Å². The topological polar surface area (TPSA) is 106 Å². The van der Waals surface area contributed by atoms with E-state index >= 15 is 0 Å². The zero-order chi connectivity index (χ0) is 14.6. The van der Waals surface area contributed by atoms with Crippen LogP contribution in [-0.4, -0.2) is 44.2 Å². The summed E-state index contributed by atoms with van der Waals surface area (Å²) >= 11 is 0. The fourth-order valence-electron chi connectivity index (χ4n) is 2.25. The van der Waals surface area contributed by atoms with Gasteiger partial charge in [-0.2, -0.15) is 0 Å². The lowest BCUT2D eigenvalue weighted by Crippen LogP contribution is -2.48. The van der Waals surface area contributed by atoms with Gasteiger partial charge in [0.2, 0.25) is 10.0 Å². The van der Waals surface area contributed by atoms with Crippen LogP contribution in [0.4, 0.5) is 4.79 Å². The third-order valence-corrected chi connectivity index (χ3v) is 4.82. The first kappa shape index (κ1) is 14.9. The molecule has 0 radical (unpaired) electrons. The number of piperidine rings is 1. The van der Waals surface area contributed by atoms with Crippen LogP contribution in [0.5, 0.6) is 0 Å². The fourth-order valence-corrected chi connectivity index (χ4v) is 3.11. The van der Waals surface area contributed by atoms with E-state index in [1.807, 2.05) is 6.07 Å². The molecule has 1 aliphatic heterocycles. The minimum absolute atomic E-state index is 0.176. The second-order valence-corrected chi connectivity index (χ2v) is 6.68. The number of sulfonamides is 1. The Hall–Kier alpha value is -1.54. The summed E-state index contributed by atoms with van der Waals surface area (Å²) in [5.41, 5.74) is 0. The van der Waals surface area contributed by atoms with Gasteiger partial charge >= 0.3 is 6.03 Å². The lowest BCUT2D eigenvalue weighted by atomic mass is 10.1. The number of hydrogen-bond acceptors (Lipinski definition) is 4.